The predicted octanol–water partition coefficient (Wildman–Crippen LogP) is 2.92. The largest absolute Gasteiger partial charge is 0.493 e. The highest BCUT2D eigenvalue weighted by molar-refractivity contribution is 5.52. The Labute approximate surface area is 127 Å². The summed E-state index contributed by atoms with van der Waals surface area (Å²) in [5.74, 6) is 1.55. The molecule has 0 bridgehead atoms. The molecule has 2 N–H and O–H groups in total. The van der Waals surface area contributed by atoms with Gasteiger partial charge in [0.05, 0.1) is 13.2 Å². The molecule has 0 unspecified atom stereocenters. The van der Waals surface area contributed by atoms with Gasteiger partial charge in [0.15, 0.2) is 11.5 Å². The monoisotopic (exact) mass is 290 g/mol. The van der Waals surface area contributed by atoms with Gasteiger partial charge in [0.1, 0.15) is 0 Å². The van der Waals surface area contributed by atoms with Gasteiger partial charge in [-0.25, -0.2) is 0 Å². The molecule has 4 nitrogen and oxygen atoms in total. The van der Waals surface area contributed by atoms with Gasteiger partial charge < -0.3 is 20.1 Å². The summed E-state index contributed by atoms with van der Waals surface area (Å²) in [6.07, 6.45) is 6.44. The van der Waals surface area contributed by atoms with Gasteiger partial charge in [-0.1, -0.05) is 0 Å². The number of rotatable bonds is 3. The fourth-order valence-electron chi connectivity index (χ4n) is 3.85. The van der Waals surface area contributed by atoms with Crippen molar-refractivity contribution >= 4 is 5.69 Å². The molecule has 0 radical (unpaired) electrons. The minimum absolute atomic E-state index is 0.289. The Balaban J connectivity index is 1.62. The van der Waals surface area contributed by atoms with E-state index in [0.717, 1.165) is 30.0 Å². The zero-order valence-corrected chi connectivity index (χ0v) is 13.1. The summed E-state index contributed by atoms with van der Waals surface area (Å²) in [4.78, 5) is 2.46. The first-order chi connectivity index (χ1) is 10.1. The number of methoxy groups -OCH3 is 1. The Morgan fingerprint density at radius 2 is 1.95 bits per heavy atom. The number of hydrogen-bond acceptors (Lipinski definition) is 4. The lowest BCUT2D eigenvalue weighted by Gasteiger charge is -2.37. The third kappa shape index (κ3) is 3.10. The van der Waals surface area contributed by atoms with Crippen molar-refractivity contribution in [2.45, 2.75) is 38.2 Å². The minimum Gasteiger partial charge on any atom is -0.493 e. The van der Waals surface area contributed by atoms with Crippen molar-refractivity contribution in [1.29, 1.82) is 0 Å². The first kappa shape index (κ1) is 14.5. The van der Waals surface area contributed by atoms with Crippen LogP contribution in [0.2, 0.25) is 0 Å². The lowest BCUT2D eigenvalue weighted by molar-refractivity contribution is 0.0821. The SMILES string of the molecule is COc1ccc(N)cc1OC1CCC2(CC1)CCN(C)C2. The van der Waals surface area contributed by atoms with Crippen molar-refractivity contribution in [2.75, 3.05) is 33.0 Å². The molecule has 21 heavy (non-hydrogen) atoms. The van der Waals surface area contributed by atoms with Crippen LogP contribution in [-0.2, 0) is 0 Å². The summed E-state index contributed by atoms with van der Waals surface area (Å²) >= 11 is 0. The number of nitrogen functional groups attached to an aromatic ring is 1. The van der Waals surface area contributed by atoms with E-state index in [1.54, 1.807) is 7.11 Å². The summed E-state index contributed by atoms with van der Waals surface area (Å²) in [5.41, 5.74) is 7.12. The summed E-state index contributed by atoms with van der Waals surface area (Å²) in [7, 11) is 3.90. The molecule has 1 aromatic rings. The van der Waals surface area contributed by atoms with Crippen molar-refractivity contribution in [3.05, 3.63) is 18.2 Å². The molecular formula is C17H26N2O2. The lowest BCUT2D eigenvalue weighted by atomic mass is 9.72. The maximum atomic E-state index is 6.17. The van der Waals surface area contributed by atoms with Gasteiger partial charge in [-0.15, -0.1) is 0 Å². The van der Waals surface area contributed by atoms with Gasteiger partial charge >= 0.3 is 0 Å². The molecule has 1 aromatic carbocycles. The molecule has 1 saturated carbocycles. The van der Waals surface area contributed by atoms with Crippen molar-refractivity contribution in [1.82, 2.24) is 4.90 Å². The van der Waals surface area contributed by atoms with E-state index in [-0.39, 0.29) is 6.10 Å². The van der Waals surface area contributed by atoms with Crippen molar-refractivity contribution in [3.63, 3.8) is 0 Å². The fraction of sp³-hybridized carbons (Fsp3) is 0.647. The van der Waals surface area contributed by atoms with Crippen molar-refractivity contribution < 1.29 is 9.47 Å². The Kier molecular flexibility index (Phi) is 3.98. The third-order valence-corrected chi connectivity index (χ3v) is 5.10. The van der Waals surface area contributed by atoms with Crippen LogP contribution in [0.15, 0.2) is 18.2 Å². The van der Waals surface area contributed by atoms with Crippen LogP contribution < -0.4 is 15.2 Å². The highest BCUT2D eigenvalue weighted by Gasteiger charge is 2.40. The Morgan fingerprint density at radius 3 is 2.57 bits per heavy atom. The topological polar surface area (TPSA) is 47.7 Å². The molecule has 2 fully saturated rings. The maximum Gasteiger partial charge on any atom is 0.163 e. The van der Waals surface area contributed by atoms with Crippen molar-refractivity contribution in [3.8, 4) is 11.5 Å². The van der Waals surface area contributed by atoms with E-state index in [0.29, 0.717) is 5.41 Å². The Morgan fingerprint density at radius 1 is 1.19 bits per heavy atom. The maximum absolute atomic E-state index is 6.17. The summed E-state index contributed by atoms with van der Waals surface area (Å²) in [5, 5.41) is 0. The molecule has 1 aliphatic carbocycles. The van der Waals surface area contributed by atoms with Gasteiger partial charge in [0.2, 0.25) is 0 Å². The minimum atomic E-state index is 0.289. The first-order valence-electron chi connectivity index (χ1n) is 7.89. The van der Waals surface area contributed by atoms with Crippen LogP contribution >= 0.6 is 0 Å². The molecule has 1 aliphatic heterocycles. The Hall–Kier alpha value is -1.42. The molecule has 1 saturated heterocycles. The number of benzene rings is 1. The normalized spacial score (nSPS) is 29.7. The number of ether oxygens (including phenoxy) is 2. The fourth-order valence-corrected chi connectivity index (χ4v) is 3.85. The summed E-state index contributed by atoms with van der Waals surface area (Å²) in [6, 6.07) is 5.59. The molecule has 2 aliphatic rings. The van der Waals surface area contributed by atoms with Crippen LogP contribution in [0.3, 0.4) is 0 Å². The summed E-state index contributed by atoms with van der Waals surface area (Å²) < 4.78 is 11.5. The van der Waals surface area contributed by atoms with Crippen LogP contribution in [-0.4, -0.2) is 38.3 Å². The second-order valence-corrected chi connectivity index (χ2v) is 6.72. The van der Waals surface area contributed by atoms with Crippen LogP contribution in [0.25, 0.3) is 0 Å². The van der Waals surface area contributed by atoms with Crippen LogP contribution in [0.4, 0.5) is 5.69 Å². The van der Waals surface area contributed by atoms with E-state index in [9.17, 15) is 0 Å². The molecular weight excluding hydrogens is 264 g/mol. The standard InChI is InChI=1S/C17H26N2O2/c1-19-10-9-17(12-19)7-5-14(6-8-17)21-16-11-13(18)3-4-15(16)20-2/h3-4,11,14H,5-10,12,18H2,1-2H3. The molecule has 0 amide bonds. The van der Waals surface area contributed by atoms with E-state index in [2.05, 4.69) is 11.9 Å². The van der Waals surface area contributed by atoms with E-state index in [1.165, 1.54) is 32.4 Å². The smallest absolute Gasteiger partial charge is 0.163 e. The molecule has 4 heteroatoms. The number of nitrogens with zero attached hydrogens (tertiary/aromatic N) is 1. The van der Waals surface area contributed by atoms with Gasteiger partial charge in [0.25, 0.3) is 0 Å². The molecule has 116 valence electrons. The lowest BCUT2D eigenvalue weighted by Crippen LogP contribution is -2.34. The number of nitrogens with two attached hydrogens (primary N) is 1. The number of hydrogen-bond donors (Lipinski definition) is 1. The van der Waals surface area contributed by atoms with E-state index in [4.69, 9.17) is 15.2 Å². The number of anilines is 1. The number of likely N-dealkylation sites (tertiary alicyclic amines) is 1. The average molecular weight is 290 g/mol. The second-order valence-electron chi connectivity index (χ2n) is 6.72. The Bertz CT molecular complexity index is 496. The van der Waals surface area contributed by atoms with Crippen LogP contribution in [0.5, 0.6) is 11.5 Å². The second kappa shape index (κ2) is 5.76. The third-order valence-electron chi connectivity index (χ3n) is 5.10. The van der Waals surface area contributed by atoms with Gasteiger partial charge in [-0.2, -0.15) is 0 Å². The van der Waals surface area contributed by atoms with Crippen molar-refractivity contribution in [2.24, 2.45) is 5.41 Å². The molecule has 0 atom stereocenters. The molecule has 1 heterocycles. The van der Waals surface area contributed by atoms with Gasteiger partial charge in [-0.3, -0.25) is 0 Å². The quantitative estimate of drug-likeness (QED) is 0.870. The predicted molar refractivity (Wildman–Crippen MR) is 84.8 cm³/mol. The zero-order chi connectivity index (χ0) is 14.9. The van der Waals surface area contributed by atoms with Crippen LogP contribution in [0.1, 0.15) is 32.1 Å². The highest BCUT2D eigenvalue weighted by atomic mass is 16.5. The zero-order valence-electron chi connectivity index (χ0n) is 13.1. The van der Waals surface area contributed by atoms with Crippen LogP contribution in [0, 0.1) is 5.41 Å². The van der Waals surface area contributed by atoms with E-state index >= 15 is 0 Å². The van der Waals surface area contributed by atoms with E-state index < -0.39 is 0 Å². The molecule has 0 aromatic heterocycles. The highest BCUT2D eigenvalue weighted by Crippen LogP contribution is 2.44. The molecule has 3 rings (SSSR count). The summed E-state index contributed by atoms with van der Waals surface area (Å²) in [6.45, 7) is 2.50. The van der Waals surface area contributed by atoms with E-state index in [1.807, 2.05) is 18.2 Å². The first-order valence-corrected chi connectivity index (χ1v) is 7.89. The average Bonchev–Trinajstić information content (AvgIpc) is 2.83. The van der Waals surface area contributed by atoms with Gasteiger partial charge in [0, 0.05) is 18.3 Å². The van der Waals surface area contributed by atoms with Gasteiger partial charge in [-0.05, 0) is 63.2 Å². The molecule has 1 spiro atoms.